The summed E-state index contributed by atoms with van der Waals surface area (Å²) in [5.74, 6) is 0. The second-order valence-corrected chi connectivity index (χ2v) is 2.38. The monoisotopic (exact) mass is 146 g/mol. The molecule has 0 aliphatic rings. The maximum Gasteiger partial charge on any atom is 0.176 e. The summed E-state index contributed by atoms with van der Waals surface area (Å²) >= 11 is 0. The summed E-state index contributed by atoms with van der Waals surface area (Å²) in [7, 11) is 0. The molecule has 0 aliphatic heterocycles. The number of hydrogen-bond acceptors (Lipinski definition) is 3. The van der Waals surface area contributed by atoms with Crippen LogP contribution in [0.1, 0.15) is 13.8 Å². The Morgan fingerprint density at radius 1 is 1.60 bits per heavy atom. The first kappa shape index (κ1) is 9.62. The second-order valence-electron chi connectivity index (χ2n) is 2.38. The van der Waals surface area contributed by atoms with E-state index >= 15 is 0 Å². The average molecular weight is 146 g/mol. The average Bonchev–Trinajstić information content (AvgIpc) is 1.82. The molecule has 0 fully saturated rings. The van der Waals surface area contributed by atoms with E-state index < -0.39 is 12.4 Å². The molecule has 0 bridgehead atoms. The summed E-state index contributed by atoms with van der Waals surface area (Å²) in [6.45, 7) is 6.86. The third-order valence-corrected chi connectivity index (χ3v) is 0.917. The van der Waals surface area contributed by atoms with Crippen molar-refractivity contribution in [1.82, 2.24) is 0 Å². The molecule has 3 heteroatoms. The Bertz CT molecular complexity index is 109. The minimum Gasteiger partial charge on any atom is -0.391 e. The van der Waals surface area contributed by atoms with Gasteiger partial charge in [0.1, 0.15) is 0 Å². The Hall–Kier alpha value is -0.380. The van der Waals surface area contributed by atoms with E-state index in [0.717, 1.165) is 0 Å². The zero-order chi connectivity index (χ0) is 8.15. The van der Waals surface area contributed by atoms with Gasteiger partial charge in [-0.25, -0.2) is 0 Å². The number of ether oxygens (including phenoxy) is 1. The second kappa shape index (κ2) is 4.44. The van der Waals surface area contributed by atoms with Gasteiger partial charge in [-0.1, -0.05) is 6.58 Å². The lowest BCUT2D eigenvalue weighted by atomic mass is 10.3. The predicted molar refractivity (Wildman–Crippen MR) is 38.5 cm³/mol. The molecule has 0 saturated heterocycles. The summed E-state index contributed by atoms with van der Waals surface area (Å²) in [6, 6.07) is 0. The lowest BCUT2D eigenvalue weighted by Gasteiger charge is -2.12. The van der Waals surface area contributed by atoms with E-state index in [9.17, 15) is 0 Å². The summed E-state index contributed by atoms with van der Waals surface area (Å²) in [5.41, 5.74) is 0.542. The van der Waals surface area contributed by atoms with Crippen LogP contribution in [0.2, 0.25) is 0 Å². The normalized spacial score (nSPS) is 16.4. The summed E-state index contributed by atoms with van der Waals surface area (Å²) in [5, 5.41) is 17.7. The highest BCUT2D eigenvalue weighted by Gasteiger charge is 2.04. The van der Waals surface area contributed by atoms with Crippen LogP contribution in [-0.2, 0) is 4.74 Å². The summed E-state index contributed by atoms with van der Waals surface area (Å²) in [4.78, 5) is 0. The van der Waals surface area contributed by atoms with E-state index in [-0.39, 0.29) is 6.61 Å². The van der Waals surface area contributed by atoms with Crippen molar-refractivity contribution in [3.05, 3.63) is 12.2 Å². The van der Waals surface area contributed by atoms with Gasteiger partial charge in [-0.2, -0.15) is 0 Å². The molecule has 2 unspecified atom stereocenters. The molecule has 3 nitrogen and oxygen atoms in total. The highest BCUT2D eigenvalue weighted by atomic mass is 16.6. The molecule has 0 aromatic heterocycles. The molecular formula is C7H14O3. The van der Waals surface area contributed by atoms with Crippen LogP contribution < -0.4 is 0 Å². The SMILES string of the molecule is C=C(C)C(O)OCC(C)O. The minimum atomic E-state index is -0.949. The third kappa shape index (κ3) is 4.49. The van der Waals surface area contributed by atoms with Gasteiger partial charge in [-0.3, -0.25) is 0 Å². The molecule has 0 spiro atoms. The van der Waals surface area contributed by atoms with Crippen molar-refractivity contribution < 1.29 is 14.9 Å². The van der Waals surface area contributed by atoms with Crippen molar-refractivity contribution in [3.8, 4) is 0 Å². The highest BCUT2D eigenvalue weighted by Crippen LogP contribution is 1.99. The molecule has 0 aromatic rings. The van der Waals surface area contributed by atoms with Crippen LogP contribution in [0.3, 0.4) is 0 Å². The first-order valence-electron chi connectivity index (χ1n) is 3.17. The highest BCUT2D eigenvalue weighted by molar-refractivity contribution is 4.91. The Morgan fingerprint density at radius 2 is 2.10 bits per heavy atom. The van der Waals surface area contributed by atoms with E-state index in [1.54, 1.807) is 13.8 Å². The number of aliphatic hydroxyl groups excluding tert-OH is 2. The van der Waals surface area contributed by atoms with Crippen LogP contribution in [0.25, 0.3) is 0 Å². The van der Waals surface area contributed by atoms with Crippen molar-refractivity contribution in [2.24, 2.45) is 0 Å². The van der Waals surface area contributed by atoms with E-state index in [1.165, 1.54) is 0 Å². The molecule has 0 heterocycles. The van der Waals surface area contributed by atoms with Gasteiger partial charge in [0.2, 0.25) is 0 Å². The largest absolute Gasteiger partial charge is 0.391 e. The Morgan fingerprint density at radius 3 is 2.40 bits per heavy atom. The molecule has 0 radical (unpaired) electrons. The summed E-state index contributed by atoms with van der Waals surface area (Å²) in [6.07, 6.45) is -1.50. The van der Waals surface area contributed by atoms with Gasteiger partial charge in [-0.05, 0) is 19.4 Å². The molecular weight excluding hydrogens is 132 g/mol. The zero-order valence-corrected chi connectivity index (χ0v) is 6.37. The maximum atomic E-state index is 8.94. The van der Waals surface area contributed by atoms with Crippen molar-refractivity contribution >= 4 is 0 Å². The van der Waals surface area contributed by atoms with E-state index in [1.807, 2.05) is 0 Å². The lowest BCUT2D eigenvalue weighted by Crippen LogP contribution is -2.19. The zero-order valence-electron chi connectivity index (χ0n) is 6.37. The van der Waals surface area contributed by atoms with Gasteiger partial charge < -0.3 is 14.9 Å². The maximum absolute atomic E-state index is 8.94. The fraction of sp³-hybridized carbons (Fsp3) is 0.714. The Balaban J connectivity index is 3.40. The van der Waals surface area contributed by atoms with Crippen molar-refractivity contribution in [2.75, 3.05) is 6.61 Å². The quantitative estimate of drug-likeness (QED) is 0.442. The predicted octanol–water partition coefficient (Wildman–Crippen LogP) is 0.278. The molecule has 0 saturated carbocycles. The van der Waals surface area contributed by atoms with E-state index in [4.69, 9.17) is 14.9 Å². The van der Waals surface area contributed by atoms with Gasteiger partial charge in [-0.15, -0.1) is 0 Å². The van der Waals surface area contributed by atoms with Gasteiger partial charge in [0, 0.05) is 0 Å². The van der Waals surface area contributed by atoms with Crippen LogP contribution in [0.4, 0.5) is 0 Å². The molecule has 0 rings (SSSR count). The fourth-order valence-electron chi connectivity index (χ4n) is 0.373. The Kier molecular flexibility index (Phi) is 4.27. The third-order valence-electron chi connectivity index (χ3n) is 0.917. The molecule has 2 atom stereocenters. The smallest absolute Gasteiger partial charge is 0.176 e. The van der Waals surface area contributed by atoms with Crippen molar-refractivity contribution in [3.63, 3.8) is 0 Å². The topological polar surface area (TPSA) is 49.7 Å². The van der Waals surface area contributed by atoms with Crippen LogP contribution in [0.5, 0.6) is 0 Å². The van der Waals surface area contributed by atoms with Crippen LogP contribution in [0, 0.1) is 0 Å². The molecule has 0 aromatic carbocycles. The van der Waals surface area contributed by atoms with Gasteiger partial charge in [0.15, 0.2) is 6.29 Å². The lowest BCUT2D eigenvalue weighted by molar-refractivity contribution is -0.0948. The minimum absolute atomic E-state index is 0.133. The van der Waals surface area contributed by atoms with Gasteiger partial charge in [0.05, 0.1) is 12.7 Å². The molecule has 0 amide bonds. The number of hydrogen-bond donors (Lipinski definition) is 2. The van der Waals surface area contributed by atoms with Crippen molar-refractivity contribution in [2.45, 2.75) is 26.2 Å². The first-order chi connectivity index (χ1) is 4.54. The Labute approximate surface area is 60.9 Å². The molecule has 60 valence electrons. The van der Waals surface area contributed by atoms with Crippen LogP contribution >= 0.6 is 0 Å². The van der Waals surface area contributed by atoms with Gasteiger partial charge >= 0.3 is 0 Å². The van der Waals surface area contributed by atoms with Gasteiger partial charge in [0.25, 0.3) is 0 Å². The molecule has 0 aliphatic carbocycles. The van der Waals surface area contributed by atoms with Crippen LogP contribution in [-0.4, -0.2) is 29.2 Å². The number of aliphatic hydroxyl groups is 2. The summed E-state index contributed by atoms with van der Waals surface area (Å²) < 4.78 is 4.77. The van der Waals surface area contributed by atoms with Crippen LogP contribution in [0.15, 0.2) is 12.2 Å². The molecule has 2 N–H and O–H groups in total. The number of rotatable bonds is 4. The fourth-order valence-corrected chi connectivity index (χ4v) is 0.373. The molecule has 10 heavy (non-hydrogen) atoms. The van der Waals surface area contributed by atoms with Crippen molar-refractivity contribution in [1.29, 1.82) is 0 Å². The standard InChI is InChI=1S/C7H14O3/c1-5(2)7(9)10-4-6(3)8/h6-9H,1,4H2,2-3H3. The first-order valence-corrected chi connectivity index (χ1v) is 3.17. The van der Waals surface area contributed by atoms with E-state index in [0.29, 0.717) is 5.57 Å². The van der Waals surface area contributed by atoms with E-state index in [2.05, 4.69) is 6.58 Å².